The molecule has 0 aliphatic heterocycles. The molecule has 1 aromatic rings. The SMILES string of the molecule is CCNC(CC(CC)CC)c1cc(OC)ccc1OC. The van der Waals surface area contributed by atoms with E-state index in [2.05, 4.69) is 32.2 Å². The standard InChI is InChI=1S/C17H29NO2/c1-6-13(7-2)11-16(18-8-3)15-12-14(19-4)9-10-17(15)20-5/h9-10,12-13,16,18H,6-8,11H2,1-5H3. The number of hydrogen-bond acceptors (Lipinski definition) is 3. The normalized spacial score (nSPS) is 12.5. The maximum atomic E-state index is 5.53. The zero-order valence-corrected chi connectivity index (χ0v) is 13.5. The lowest BCUT2D eigenvalue weighted by atomic mass is 9.90. The summed E-state index contributed by atoms with van der Waals surface area (Å²) in [5.41, 5.74) is 1.20. The number of rotatable bonds is 9. The van der Waals surface area contributed by atoms with Crippen LogP contribution >= 0.6 is 0 Å². The topological polar surface area (TPSA) is 30.5 Å². The Kier molecular flexibility index (Phi) is 7.45. The Hall–Kier alpha value is -1.22. The highest BCUT2D eigenvalue weighted by molar-refractivity contribution is 5.42. The van der Waals surface area contributed by atoms with Gasteiger partial charge in [0.05, 0.1) is 14.2 Å². The minimum atomic E-state index is 0.315. The summed E-state index contributed by atoms with van der Waals surface area (Å²) in [5.74, 6) is 2.55. The van der Waals surface area contributed by atoms with E-state index in [4.69, 9.17) is 9.47 Å². The van der Waals surface area contributed by atoms with Gasteiger partial charge in [-0.3, -0.25) is 0 Å². The molecule has 1 unspecified atom stereocenters. The Morgan fingerprint density at radius 1 is 1.05 bits per heavy atom. The minimum absolute atomic E-state index is 0.315. The molecule has 114 valence electrons. The molecule has 0 spiro atoms. The van der Waals surface area contributed by atoms with Crippen LogP contribution in [0.2, 0.25) is 0 Å². The molecular weight excluding hydrogens is 250 g/mol. The Bertz CT molecular complexity index is 389. The lowest BCUT2D eigenvalue weighted by molar-refractivity contribution is 0.353. The van der Waals surface area contributed by atoms with Crippen molar-refractivity contribution in [2.24, 2.45) is 5.92 Å². The van der Waals surface area contributed by atoms with Gasteiger partial charge in [-0.15, -0.1) is 0 Å². The van der Waals surface area contributed by atoms with Crippen molar-refractivity contribution in [1.29, 1.82) is 0 Å². The summed E-state index contributed by atoms with van der Waals surface area (Å²) in [6, 6.07) is 6.34. The molecule has 1 aromatic carbocycles. The summed E-state index contributed by atoms with van der Waals surface area (Å²) in [6.45, 7) is 7.62. The van der Waals surface area contributed by atoms with Gasteiger partial charge in [0.2, 0.25) is 0 Å². The molecule has 0 aliphatic rings. The van der Waals surface area contributed by atoms with Crippen molar-refractivity contribution >= 4 is 0 Å². The first-order valence-electron chi connectivity index (χ1n) is 7.65. The van der Waals surface area contributed by atoms with E-state index in [0.717, 1.165) is 30.4 Å². The van der Waals surface area contributed by atoms with E-state index < -0.39 is 0 Å². The molecule has 1 rings (SSSR count). The van der Waals surface area contributed by atoms with Crippen LogP contribution in [0.1, 0.15) is 51.6 Å². The van der Waals surface area contributed by atoms with Gasteiger partial charge in [-0.25, -0.2) is 0 Å². The molecule has 0 radical (unpaired) electrons. The first kappa shape index (κ1) is 16.8. The van der Waals surface area contributed by atoms with Gasteiger partial charge in [0.1, 0.15) is 11.5 Å². The zero-order valence-electron chi connectivity index (χ0n) is 13.5. The lowest BCUT2D eigenvalue weighted by Gasteiger charge is -2.25. The Labute approximate surface area is 123 Å². The molecule has 0 amide bonds. The fourth-order valence-corrected chi connectivity index (χ4v) is 2.63. The smallest absolute Gasteiger partial charge is 0.123 e. The second-order valence-corrected chi connectivity index (χ2v) is 5.14. The van der Waals surface area contributed by atoms with Gasteiger partial charge in [-0.2, -0.15) is 0 Å². The average Bonchev–Trinajstić information content (AvgIpc) is 2.50. The molecule has 1 atom stereocenters. The summed E-state index contributed by atoms with van der Waals surface area (Å²) in [7, 11) is 3.43. The molecule has 0 saturated heterocycles. The van der Waals surface area contributed by atoms with Gasteiger partial charge in [-0.05, 0) is 37.1 Å². The lowest BCUT2D eigenvalue weighted by Crippen LogP contribution is -2.24. The summed E-state index contributed by atoms with van der Waals surface area (Å²) < 4.78 is 10.9. The predicted molar refractivity (Wildman–Crippen MR) is 84.7 cm³/mol. The van der Waals surface area contributed by atoms with Crippen LogP contribution in [-0.2, 0) is 0 Å². The fraction of sp³-hybridized carbons (Fsp3) is 0.647. The molecule has 1 N–H and O–H groups in total. The summed E-state index contributed by atoms with van der Waals surface area (Å²) in [5, 5.41) is 3.59. The average molecular weight is 279 g/mol. The summed E-state index contributed by atoms with van der Waals surface area (Å²) in [4.78, 5) is 0. The molecule has 0 bridgehead atoms. The van der Waals surface area contributed by atoms with E-state index in [0.29, 0.717) is 6.04 Å². The number of benzene rings is 1. The van der Waals surface area contributed by atoms with E-state index in [1.54, 1.807) is 14.2 Å². The van der Waals surface area contributed by atoms with Crippen molar-refractivity contribution in [1.82, 2.24) is 5.32 Å². The second kappa shape index (κ2) is 8.85. The van der Waals surface area contributed by atoms with Crippen LogP contribution in [0.5, 0.6) is 11.5 Å². The molecule has 3 heteroatoms. The number of methoxy groups -OCH3 is 2. The van der Waals surface area contributed by atoms with Gasteiger partial charge >= 0.3 is 0 Å². The van der Waals surface area contributed by atoms with E-state index in [9.17, 15) is 0 Å². The third-order valence-electron chi connectivity index (χ3n) is 3.99. The van der Waals surface area contributed by atoms with Crippen LogP contribution in [0.25, 0.3) is 0 Å². The van der Waals surface area contributed by atoms with Crippen molar-refractivity contribution in [2.45, 2.75) is 46.1 Å². The molecular formula is C17H29NO2. The van der Waals surface area contributed by atoms with E-state index >= 15 is 0 Å². The summed E-state index contributed by atoms with van der Waals surface area (Å²) in [6.07, 6.45) is 3.56. The first-order valence-corrected chi connectivity index (χ1v) is 7.65. The largest absolute Gasteiger partial charge is 0.497 e. The molecule has 20 heavy (non-hydrogen) atoms. The van der Waals surface area contributed by atoms with Crippen molar-refractivity contribution in [2.75, 3.05) is 20.8 Å². The Morgan fingerprint density at radius 3 is 2.25 bits per heavy atom. The first-order chi connectivity index (χ1) is 9.69. The highest BCUT2D eigenvalue weighted by Crippen LogP contribution is 2.34. The van der Waals surface area contributed by atoms with Crippen LogP contribution in [0.3, 0.4) is 0 Å². The van der Waals surface area contributed by atoms with Gasteiger partial charge in [-0.1, -0.05) is 33.6 Å². The van der Waals surface area contributed by atoms with Crippen LogP contribution < -0.4 is 14.8 Å². The molecule has 0 aromatic heterocycles. The summed E-state index contributed by atoms with van der Waals surface area (Å²) >= 11 is 0. The zero-order chi connectivity index (χ0) is 15.0. The number of ether oxygens (including phenoxy) is 2. The monoisotopic (exact) mass is 279 g/mol. The third kappa shape index (κ3) is 4.41. The maximum Gasteiger partial charge on any atom is 0.123 e. The second-order valence-electron chi connectivity index (χ2n) is 5.14. The third-order valence-corrected chi connectivity index (χ3v) is 3.99. The van der Waals surface area contributed by atoms with Crippen LogP contribution in [0.15, 0.2) is 18.2 Å². The van der Waals surface area contributed by atoms with Crippen molar-refractivity contribution < 1.29 is 9.47 Å². The maximum absolute atomic E-state index is 5.53. The van der Waals surface area contributed by atoms with Gasteiger partial charge in [0.15, 0.2) is 0 Å². The predicted octanol–water partition coefficient (Wildman–Crippen LogP) is 4.18. The van der Waals surface area contributed by atoms with E-state index in [1.165, 1.54) is 18.4 Å². The van der Waals surface area contributed by atoms with Crippen molar-refractivity contribution in [3.63, 3.8) is 0 Å². The van der Waals surface area contributed by atoms with Crippen LogP contribution in [0.4, 0.5) is 0 Å². The minimum Gasteiger partial charge on any atom is -0.497 e. The van der Waals surface area contributed by atoms with E-state index in [1.807, 2.05) is 12.1 Å². The van der Waals surface area contributed by atoms with Crippen LogP contribution in [-0.4, -0.2) is 20.8 Å². The van der Waals surface area contributed by atoms with Crippen LogP contribution in [0, 0.1) is 5.92 Å². The number of nitrogens with one attached hydrogen (secondary N) is 1. The number of hydrogen-bond donors (Lipinski definition) is 1. The van der Waals surface area contributed by atoms with Gasteiger partial charge in [0, 0.05) is 11.6 Å². The molecule has 0 aliphatic carbocycles. The highest BCUT2D eigenvalue weighted by atomic mass is 16.5. The molecule has 0 heterocycles. The Balaban J connectivity index is 3.05. The Morgan fingerprint density at radius 2 is 1.75 bits per heavy atom. The van der Waals surface area contributed by atoms with Crippen molar-refractivity contribution in [3.05, 3.63) is 23.8 Å². The van der Waals surface area contributed by atoms with Gasteiger partial charge in [0.25, 0.3) is 0 Å². The quantitative estimate of drug-likeness (QED) is 0.735. The molecule has 3 nitrogen and oxygen atoms in total. The van der Waals surface area contributed by atoms with Crippen molar-refractivity contribution in [3.8, 4) is 11.5 Å². The highest BCUT2D eigenvalue weighted by Gasteiger charge is 2.19. The molecule has 0 fully saturated rings. The van der Waals surface area contributed by atoms with E-state index in [-0.39, 0.29) is 0 Å². The van der Waals surface area contributed by atoms with Gasteiger partial charge < -0.3 is 14.8 Å². The fourth-order valence-electron chi connectivity index (χ4n) is 2.63. The molecule has 0 saturated carbocycles.